The fourth-order valence-electron chi connectivity index (χ4n) is 2.17. The maximum atomic E-state index is 9.59. The van der Waals surface area contributed by atoms with Gasteiger partial charge in [-0.05, 0) is 33.2 Å². The van der Waals surface area contributed by atoms with Crippen LogP contribution in [-0.2, 0) is 6.54 Å². The van der Waals surface area contributed by atoms with Gasteiger partial charge in [0.25, 0.3) is 0 Å². The van der Waals surface area contributed by atoms with Crippen LogP contribution in [0.3, 0.4) is 0 Å². The normalized spacial score (nSPS) is 22.9. The number of likely N-dealkylation sites (tertiary alicyclic amines) is 1. The van der Waals surface area contributed by atoms with Gasteiger partial charge in [-0.3, -0.25) is 9.58 Å². The number of aromatic nitrogens is 2. The Morgan fingerprint density at radius 2 is 2.38 bits per heavy atom. The van der Waals surface area contributed by atoms with E-state index in [0.717, 1.165) is 32.5 Å². The third kappa shape index (κ3) is 2.83. The molecule has 1 unspecified atom stereocenters. The average molecular weight is 223 g/mol. The second-order valence-electron chi connectivity index (χ2n) is 4.95. The predicted octanol–water partition coefficient (Wildman–Crippen LogP) is 1.42. The zero-order valence-electron chi connectivity index (χ0n) is 10.1. The lowest BCUT2D eigenvalue weighted by Crippen LogP contribution is -2.37. The van der Waals surface area contributed by atoms with Crippen molar-refractivity contribution in [3.8, 4) is 0 Å². The molecule has 0 bridgehead atoms. The van der Waals surface area contributed by atoms with Gasteiger partial charge in [0, 0.05) is 30.9 Å². The monoisotopic (exact) mass is 223 g/mol. The number of hydrogen-bond acceptors (Lipinski definition) is 3. The quantitative estimate of drug-likeness (QED) is 0.842. The minimum atomic E-state index is -0.145. The summed E-state index contributed by atoms with van der Waals surface area (Å²) in [7, 11) is 0. The summed E-state index contributed by atoms with van der Waals surface area (Å²) in [6.45, 7) is 7.05. The minimum absolute atomic E-state index is 0.145. The molecule has 4 nitrogen and oxygen atoms in total. The molecule has 1 fully saturated rings. The predicted molar refractivity (Wildman–Crippen MR) is 63.1 cm³/mol. The summed E-state index contributed by atoms with van der Waals surface area (Å²) >= 11 is 0. The molecule has 0 saturated carbocycles. The Kier molecular flexibility index (Phi) is 3.61. The number of aliphatic hydroxyl groups is 1. The Morgan fingerprint density at radius 1 is 1.56 bits per heavy atom. The van der Waals surface area contributed by atoms with E-state index < -0.39 is 0 Å². The smallest absolute Gasteiger partial charge is 0.0667 e. The SMILES string of the molecule is CC(C)n1cc(CN2CCCC(O)C2)cn1. The van der Waals surface area contributed by atoms with Crippen LogP contribution in [-0.4, -0.2) is 39.0 Å². The molecule has 0 aromatic carbocycles. The highest BCUT2D eigenvalue weighted by Crippen LogP contribution is 2.14. The first-order valence-corrected chi connectivity index (χ1v) is 6.08. The van der Waals surface area contributed by atoms with Crippen LogP contribution in [0.15, 0.2) is 12.4 Å². The molecule has 16 heavy (non-hydrogen) atoms. The minimum Gasteiger partial charge on any atom is -0.392 e. The van der Waals surface area contributed by atoms with E-state index in [0.29, 0.717) is 6.04 Å². The van der Waals surface area contributed by atoms with Crippen molar-refractivity contribution in [2.75, 3.05) is 13.1 Å². The zero-order chi connectivity index (χ0) is 11.5. The van der Waals surface area contributed by atoms with E-state index in [1.54, 1.807) is 0 Å². The summed E-state index contributed by atoms with van der Waals surface area (Å²) in [6, 6.07) is 0.417. The zero-order valence-corrected chi connectivity index (χ0v) is 10.1. The van der Waals surface area contributed by atoms with Crippen LogP contribution in [0.4, 0.5) is 0 Å². The van der Waals surface area contributed by atoms with Gasteiger partial charge in [0.15, 0.2) is 0 Å². The van der Waals surface area contributed by atoms with E-state index in [1.165, 1.54) is 5.56 Å². The van der Waals surface area contributed by atoms with Crippen molar-refractivity contribution in [2.45, 2.75) is 45.4 Å². The van der Waals surface area contributed by atoms with Crippen LogP contribution in [0.1, 0.15) is 38.3 Å². The summed E-state index contributed by atoms with van der Waals surface area (Å²) in [5, 5.41) is 13.9. The first-order chi connectivity index (χ1) is 7.65. The van der Waals surface area contributed by atoms with E-state index in [-0.39, 0.29) is 6.10 Å². The summed E-state index contributed by atoms with van der Waals surface area (Å²) in [4.78, 5) is 2.30. The highest BCUT2D eigenvalue weighted by molar-refractivity contribution is 5.04. The van der Waals surface area contributed by atoms with Crippen LogP contribution in [0, 0.1) is 0 Å². The van der Waals surface area contributed by atoms with E-state index in [1.807, 2.05) is 10.9 Å². The third-order valence-electron chi connectivity index (χ3n) is 3.07. The Morgan fingerprint density at radius 3 is 3.00 bits per heavy atom. The van der Waals surface area contributed by atoms with Gasteiger partial charge in [-0.2, -0.15) is 5.10 Å². The molecule has 1 N–H and O–H groups in total. The summed E-state index contributed by atoms with van der Waals surface area (Å²) in [5.74, 6) is 0. The maximum absolute atomic E-state index is 9.59. The van der Waals surface area contributed by atoms with Crippen LogP contribution >= 0.6 is 0 Å². The molecule has 1 aromatic heterocycles. The first-order valence-electron chi connectivity index (χ1n) is 6.08. The molecule has 0 radical (unpaired) electrons. The van der Waals surface area contributed by atoms with E-state index >= 15 is 0 Å². The average Bonchev–Trinajstić information content (AvgIpc) is 2.66. The molecule has 1 aliphatic heterocycles. The van der Waals surface area contributed by atoms with Gasteiger partial charge in [0.2, 0.25) is 0 Å². The second kappa shape index (κ2) is 4.97. The van der Waals surface area contributed by atoms with Crippen molar-refractivity contribution in [3.05, 3.63) is 18.0 Å². The van der Waals surface area contributed by atoms with Crippen molar-refractivity contribution in [1.29, 1.82) is 0 Å². The number of nitrogens with zero attached hydrogens (tertiary/aromatic N) is 3. The lowest BCUT2D eigenvalue weighted by Gasteiger charge is -2.29. The second-order valence-corrected chi connectivity index (χ2v) is 4.95. The van der Waals surface area contributed by atoms with Gasteiger partial charge in [0.05, 0.1) is 12.3 Å². The molecule has 1 aliphatic rings. The Balaban J connectivity index is 1.92. The van der Waals surface area contributed by atoms with Gasteiger partial charge >= 0.3 is 0 Å². The summed E-state index contributed by atoms with van der Waals surface area (Å²) in [6.07, 6.45) is 5.93. The fourth-order valence-corrected chi connectivity index (χ4v) is 2.17. The van der Waals surface area contributed by atoms with Crippen molar-refractivity contribution >= 4 is 0 Å². The van der Waals surface area contributed by atoms with Crippen molar-refractivity contribution in [1.82, 2.24) is 14.7 Å². The molecule has 1 aromatic rings. The number of β-amino-alcohol motifs (C(OH)–C–C–N with tert-alkyl or cyclic N) is 1. The number of piperidine rings is 1. The van der Waals surface area contributed by atoms with Gasteiger partial charge < -0.3 is 5.11 Å². The first kappa shape index (κ1) is 11.6. The molecule has 0 amide bonds. The maximum Gasteiger partial charge on any atom is 0.0667 e. The van der Waals surface area contributed by atoms with E-state index in [9.17, 15) is 5.11 Å². The van der Waals surface area contributed by atoms with E-state index in [2.05, 4.69) is 30.0 Å². The molecule has 0 aliphatic carbocycles. The number of aliphatic hydroxyl groups excluding tert-OH is 1. The number of rotatable bonds is 3. The molecule has 1 atom stereocenters. The van der Waals surface area contributed by atoms with E-state index in [4.69, 9.17) is 0 Å². The molecular weight excluding hydrogens is 202 g/mol. The Hall–Kier alpha value is -0.870. The Labute approximate surface area is 96.9 Å². The standard InChI is InChI=1S/C12H21N3O/c1-10(2)15-8-11(6-13-15)7-14-5-3-4-12(16)9-14/h6,8,10,12,16H,3-5,7,9H2,1-2H3. The van der Waals surface area contributed by atoms with Crippen molar-refractivity contribution < 1.29 is 5.11 Å². The lowest BCUT2D eigenvalue weighted by molar-refractivity contribution is 0.0668. The van der Waals surface area contributed by atoms with Gasteiger partial charge in [-0.1, -0.05) is 0 Å². The lowest BCUT2D eigenvalue weighted by atomic mass is 10.1. The van der Waals surface area contributed by atoms with Gasteiger partial charge in [0.1, 0.15) is 0 Å². The Bertz CT molecular complexity index is 335. The van der Waals surface area contributed by atoms with Crippen molar-refractivity contribution in [3.63, 3.8) is 0 Å². The summed E-state index contributed by atoms with van der Waals surface area (Å²) < 4.78 is 1.98. The van der Waals surface area contributed by atoms with Crippen LogP contribution < -0.4 is 0 Å². The molecule has 2 rings (SSSR count). The molecule has 90 valence electrons. The van der Waals surface area contributed by atoms with Crippen LogP contribution in [0.2, 0.25) is 0 Å². The molecule has 2 heterocycles. The number of hydrogen-bond donors (Lipinski definition) is 1. The summed E-state index contributed by atoms with van der Waals surface area (Å²) in [5.41, 5.74) is 1.24. The van der Waals surface area contributed by atoms with Crippen LogP contribution in [0.5, 0.6) is 0 Å². The third-order valence-corrected chi connectivity index (χ3v) is 3.07. The fraction of sp³-hybridized carbons (Fsp3) is 0.750. The van der Waals surface area contributed by atoms with Gasteiger partial charge in [-0.15, -0.1) is 0 Å². The van der Waals surface area contributed by atoms with Crippen molar-refractivity contribution in [2.24, 2.45) is 0 Å². The highest BCUT2D eigenvalue weighted by Gasteiger charge is 2.18. The molecule has 1 saturated heterocycles. The molecule has 0 spiro atoms. The van der Waals surface area contributed by atoms with Gasteiger partial charge in [-0.25, -0.2) is 0 Å². The highest BCUT2D eigenvalue weighted by atomic mass is 16.3. The molecular formula is C12H21N3O. The molecule has 4 heteroatoms. The van der Waals surface area contributed by atoms with Crippen LogP contribution in [0.25, 0.3) is 0 Å². The topological polar surface area (TPSA) is 41.3 Å². The largest absolute Gasteiger partial charge is 0.392 e.